The Morgan fingerprint density at radius 2 is 1.79 bits per heavy atom. The van der Waals surface area contributed by atoms with E-state index in [9.17, 15) is 19.3 Å². The molecule has 1 amide bonds. The Balaban J connectivity index is 1.63. The number of carbonyl (C=O) groups excluding carboxylic acids is 1. The Kier molecular flexibility index (Phi) is 6.90. The molecule has 10 heteroatoms. The van der Waals surface area contributed by atoms with Gasteiger partial charge in [-0.05, 0) is 54.4 Å². The average Bonchev–Trinajstić information content (AvgIpc) is 3.26. The van der Waals surface area contributed by atoms with Gasteiger partial charge < -0.3 is 5.32 Å². The molecule has 0 radical (unpaired) electrons. The van der Waals surface area contributed by atoms with Gasteiger partial charge in [0.2, 0.25) is 0 Å². The Labute approximate surface area is 203 Å². The van der Waals surface area contributed by atoms with Gasteiger partial charge >= 0.3 is 0 Å². The maximum atomic E-state index is 14.4. The van der Waals surface area contributed by atoms with Gasteiger partial charge in [0.05, 0.1) is 16.3 Å². The van der Waals surface area contributed by atoms with Crippen molar-refractivity contribution in [2.24, 2.45) is 0 Å². The molecular formula is C24H17Cl2FN4O3. The number of rotatable bonds is 7. The topological polar surface area (TPSA) is 90.1 Å². The number of carbonyl (C=O) groups is 1. The van der Waals surface area contributed by atoms with E-state index in [0.29, 0.717) is 22.2 Å². The summed E-state index contributed by atoms with van der Waals surface area (Å²) in [6.07, 6.45) is 0.466. The molecular weight excluding hydrogens is 482 g/mol. The zero-order chi connectivity index (χ0) is 24.2. The van der Waals surface area contributed by atoms with Gasteiger partial charge in [-0.15, -0.1) is 0 Å². The second-order valence-corrected chi connectivity index (χ2v) is 8.17. The molecule has 4 aromatic rings. The molecule has 3 aromatic carbocycles. The lowest BCUT2D eigenvalue weighted by Crippen LogP contribution is -2.27. The molecule has 1 N–H and O–H groups in total. The van der Waals surface area contributed by atoms with Crippen molar-refractivity contribution in [2.45, 2.75) is 6.42 Å². The summed E-state index contributed by atoms with van der Waals surface area (Å²) in [4.78, 5) is 23.5. The van der Waals surface area contributed by atoms with Crippen LogP contribution in [0.5, 0.6) is 0 Å². The Hall–Kier alpha value is -3.75. The normalized spacial score (nSPS) is 10.8. The summed E-state index contributed by atoms with van der Waals surface area (Å²) in [5.74, 6) is -0.932. The number of non-ortho nitro benzene ring substituents is 1. The molecule has 0 aliphatic rings. The first-order valence-corrected chi connectivity index (χ1v) is 10.9. The molecule has 1 heterocycles. The number of nitrogens with one attached hydrogen (secondary N) is 1. The number of hydrogen-bond acceptors (Lipinski definition) is 4. The Morgan fingerprint density at radius 3 is 2.47 bits per heavy atom. The molecule has 0 saturated carbocycles. The third kappa shape index (κ3) is 5.08. The van der Waals surface area contributed by atoms with Crippen molar-refractivity contribution in [1.82, 2.24) is 15.1 Å². The molecule has 0 atom stereocenters. The summed E-state index contributed by atoms with van der Waals surface area (Å²) in [5.41, 5.74) is 1.76. The van der Waals surface area contributed by atoms with E-state index >= 15 is 0 Å². The van der Waals surface area contributed by atoms with Crippen molar-refractivity contribution in [3.05, 3.63) is 110 Å². The zero-order valence-electron chi connectivity index (χ0n) is 17.5. The standard InChI is InChI=1S/C24H17Cl2FN4O3/c25-16-6-5-15(20(26)13-16)11-12-28-24(32)23-14-22(19-3-1-2-4-21(19)27)29-30(23)17-7-9-18(10-8-17)31(33)34/h1-10,13-14H,11-12H2,(H,28,32). The SMILES string of the molecule is O=C(NCCc1ccc(Cl)cc1Cl)c1cc(-c2ccccc2F)nn1-c1ccc([N+](=O)[O-])cc1. The second-order valence-electron chi connectivity index (χ2n) is 7.32. The van der Waals surface area contributed by atoms with E-state index in [0.717, 1.165) is 5.56 Å². The first-order chi connectivity index (χ1) is 16.3. The summed E-state index contributed by atoms with van der Waals surface area (Å²) in [5, 5.41) is 19.2. The minimum Gasteiger partial charge on any atom is -0.350 e. The molecule has 0 saturated heterocycles. The molecule has 0 bridgehead atoms. The van der Waals surface area contributed by atoms with Crippen molar-refractivity contribution < 1.29 is 14.1 Å². The van der Waals surface area contributed by atoms with Crippen LogP contribution in [-0.4, -0.2) is 27.2 Å². The van der Waals surface area contributed by atoms with Crippen LogP contribution >= 0.6 is 23.2 Å². The van der Waals surface area contributed by atoms with Crippen LogP contribution in [0.1, 0.15) is 16.1 Å². The fourth-order valence-corrected chi connectivity index (χ4v) is 3.88. The van der Waals surface area contributed by atoms with Gasteiger partial charge in [0, 0.05) is 34.3 Å². The van der Waals surface area contributed by atoms with Crippen LogP contribution in [0.3, 0.4) is 0 Å². The molecule has 0 fully saturated rings. The van der Waals surface area contributed by atoms with Crippen molar-refractivity contribution in [2.75, 3.05) is 6.54 Å². The van der Waals surface area contributed by atoms with E-state index < -0.39 is 16.6 Å². The van der Waals surface area contributed by atoms with Crippen LogP contribution in [0.25, 0.3) is 16.9 Å². The van der Waals surface area contributed by atoms with Gasteiger partial charge in [0.25, 0.3) is 11.6 Å². The minimum atomic E-state index is -0.521. The molecule has 0 aliphatic carbocycles. The van der Waals surface area contributed by atoms with E-state index in [2.05, 4.69) is 10.4 Å². The molecule has 34 heavy (non-hydrogen) atoms. The first kappa shape index (κ1) is 23.4. The number of amides is 1. The quantitative estimate of drug-likeness (QED) is 0.255. The van der Waals surface area contributed by atoms with E-state index in [-0.39, 0.29) is 29.2 Å². The lowest BCUT2D eigenvalue weighted by atomic mass is 10.1. The van der Waals surface area contributed by atoms with Crippen LogP contribution in [-0.2, 0) is 6.42 Å². The highest BCUT2D eigenvalue weighted by Gasteiger charge is 2.19. The van der Waals surface area contributed by atoms with Crippen molar-refractivity contribution in [3.8, 4) is 16.9 Å². The summed E-state index contributed by atoms with van der Waals surface area (Å²) >= 11 is 12.1. The number of aromatic nitrogens is 2. The number of nitro benzene ring substituents is 1. The number of nitrogens with zero attached hydrogens (tertiary/aromatic N) is 3. The van der Waals surface area contributed by atoms with Crippen molar-refractivity contribution >= 4 is 34.8 Å². The third-order valence-corrected chi connectivity index (χ3v) is 5.68. The fourth-order valence-electron chi connectivity index (χ4n) is 3.38. The van der Waals surface area contributed by atoms with E-state index in [4.69, 9.17) is 23.2 Å². The van der Waals surface area contributed by atoms with E-state index in [1.807, 2.05) is 0 Å². The van der Waals surface area contributed by atoms with Gasteiger partial charge in [0.1, 0.15) is 11.5 Å². The first-order valence-electron chi connectivity index (χ1n) is 10.2. The van der Waals surface area contributed by atoms with Crippen LogP contribution in [0.2, 0.25) is 10.0 Å². The van der Waals surface area contributed by atoms with Crippen LogP contribution < -0.4 is 5.32 Å². The van der Waals surface area contributed by atoms with Gasteiger partial charge in [-0.25, -0.2) is 9.07 Å². The highest BCUT2D eigenvalue weighted by Crippen LogP contribution is 2.25. The van der Waals surface area contributed by atoms with Crippen molar-refractivity contribution in [3.63, 3.8) is 0 Å². The summed E-state index contributed by atoms with van der Waals surface area (Å²) < 4.78 is 15.7. The molecule has 0 spiro atoms. The van der Waals surface area contributed by atoms with E-state index in [1.54, 1.807) is 36.4 Å². The molecule has 172 valence electrons. The zero-order valence-corrected chi connectivity index (χ0v) is 19.1. The molecule has 0 aliphatic heterocycles. The predicted molar refractivity (Wildman–Crippen MR) is 128 cm³/mol. The van der Waals surface area contributed by atoms with Gasteiger partial charge in [0.15, 0.2) is 0 Å². The average molecular weight is 499 g/mol. The van der Waals surface area contributed by atoms with Crippen LogP contribution in [0.4, 0.5) is 10.1 Å². The number of hydrogen-bond donors (Lipinski definition) is 1. The van der Waals surface area contributed by atoms with E-state index in [1.165, 1.54) is 41.1 Å². The Bertz CT molecular complexity index is 1370. The largest absolute Gasteiger partial charge is 0.350 e. The van der Waals surface area contributed by atoms with Gasteiger partial charge in [-0.1, -0.05) is 41.4 Å². The smallest absolute Gasteiger partial charge is 0.270 e. The fraction of sp³-hybridized carbons (Fsp3) is 0.0833. The summed E-state index contributed by atoms with van der Waals surface area (Å²) in [6.45, 7) is 0.278. The van der Waals surface area contributed by atoms with Gasteiger partial charge in [-0.2, -0.15) is 5.10 Å². The highest BCUT2D eigenvalue weighted by molar-refractivity contribution is 6.35. The predicted octanol–water partition coefficient (Wildman–Crippen LogP) is 5.87. The minimum absolute atomic E-state index is 0.101. The molecule has 4 rings (SSSR count). The maximum Gasteiger partial charge on any atom is 0.270 e. The number of halogens is 3. The monoisotopic (exact) mass is 498 g/mol. The maximum absolute atomic E-state index is 14.4. The van der Waals surface area contributed by atoms with Crippen LogP contribution in [0, 0.1) is 15.9 Å². The Morgan fingerprint density at radius 1 is 1.06 bits per heavy atom. The number of nitro groups is 1. The number of benzene rings is 3. The third-order valence-electron chi connectivity index (χ3n) is 5.09. The summed E-state index contributed by atoms with van der Waals surface area (Å²) in [7, 11) is 0. The molecule has 1 aromatic heterocycles. The van der Waals surface area contributed by atoms with Gasteiger partial charge in [-0.3, -0.25) is 14.9 Å². The van der Waals surface area contributed by atoms with Crippen LogP contribution in [0.15, 0.2) is 72.8 Å². The van der Waals surface area contributed by atoms with Crippen molar-refractivity contribution in [1.29, 1.82) is 0 Å². The summed E-state index contributed by atoms with van der Waals surface area (Å²) in [6, 6.07) is 18.3. The molecule has 7 nitrogen and oxygen atoms in total. The highest BCUT2D eigenvalue weighted by atomic mass is 35.5. The lowest BCUT2D eigenvalue weighted by Gasteiger charge is -2.09. The lowest BCUT2D eigenvalue weighted by molar-refractivity contribution is -0.384. The second kappa shape index (κ2) is 10.0. The molecule has 0 unspecified atom stereocenters.